The van der Waals surface area contributed by atoms with Gasteiger partial charge in [0.05, 0.1) is 10.0 Å². The van der Waals surface area contributed by atoms with Gasteiger partial charge in [0.1, 0.15) is 11.5 Å². The van der Waals surface area contributed by atoms with E-state index in [1.807, 2.05) is 13.8 Å². The number of para-hydroxylation sites is 1. The van der Waals surface area contributed by atoms with Gasteiger partial charge >= 0.3 is 0 Å². The Bertz CT molecular complexity index is 664. The lowest BCUT2D eigenvalue weighted by Crippen LogP contribution is -2.29. The first-order valence-corrected chi connectivity index (χ1v) is 7.61. The van der Waals surface area contributed by atoms with Crippen LogP contribution in [-0.2, 0) is 0 Å². The molecule has 0 aliphatic carbocycles. The zero-order valence-electron chi connectivity index (χ0n) is 12.3. The molecule has 3 N–H and O–H groups in total. The SMILES string of the molecule is CC(C)c1nc(C(=O)NCCN)nn1-c1c(Cl)cccc1Cl. The molecule has 0 saturated carbocycles. The minimum absolute atomic E-state index is 0.0379. The van der Waals surface area contributed by atoms with Gasteiger partial charge in [-0.2, -0.15) is 0 Å². The molecule has 118 valence electrons. The van der Waals surface area contributed by atoms with Gasteiger partial charge in [0.15, 0.2) is 0 Å². The Hall–Kier alpha value is -1.63. The minimum atomic E-state index is -0.380. The highest BCUT2D eigenvalue weighted by Gasteiger charge is 2.21. The highest BCUT2D eigenvalue weighted by atomic mass is 35.5. The number of amides is 1. The predicted molar refractivity (Wildman–Crippen MR) is 86.9 cm³/mol. The average Bonchev–Trinajstić information content (AvgIpc) is 2.89. The lowest BCUT2D eigenvalue weighted by Gasteiger charge is -2.11. The fraction of sp³-hybridized carbons (Fsp3) is 0.357. The molecular weight excluding hydrogens is 325 g/mol. The smallest absolute Gasteiger partial charge is 0.291 e. The van der Waals surface area contributed by atoms with Crippen molar-refractivity contribution in [3.63, 3.8) is 0 Å². The van der Waals surface area contributed by atoms with Crippen LogP contribution in [-0.4, -0.2) is 33.8 Å². The van der Waals surface area contributed by atoms with Crippen molar-refractivity contribution in [3.05, 3.63) is 39.9 Å². The highest BCUT2D eigenvalue weighted by molar-refractivity contribution is 6.37. The van der Waals surface area contributed by atoms with Crippen LogP contribution in [0.3, 0.4) is 0 Å². The summed E-state index contributed by atoms with van der Waals surface area (Å²) in [7, 11) is 0. The topological polar surface area (TPSA) is 85.8 Å². The Kier molecular flexibility index (Phi) is 5.39. The van der Waals surface area contributed by atoms with Gasteiger partial charge in [-0.3, -0.25) is 4.79 Å². The maximum Gasteiger partial charge on any atom is 0.291 e. The number of nitrogens with one attached hydrogen (secondary N) is 1. The summed E-state index contributed by atoms with van der Waals surface area (Å²) in [5.74, 6) is 0.325. The molecule has 0 saturated heterocycles. The van der Waals surface area contributed by atoms with Crippen LogP contribution in [0.15, 0.2) is 18.2 Å². The molecule has 1 aromatic carbocycles. The summed E-state index contributed by atoms with van der Waals surface area (Å²) >= 11 is 12.4. The van der Waals surface area contributed by atoms with Crippen LogP contribution < -0.4 is 11.1 Å². The molecule has 22 heavy (non-hydrogen) atoms. The number of aromatic nitrogens is 3. The van der Waals surface area contributed by atoms with Gasteiger partial charge in [-0.05, 0) is 12.1 Å². The molecule has 0 aliphatic rings. The molecule has 1 aromatic heterocycles. The highest BCUT2D eigenvalue weighted by Crippen LogP contribution is 2.30. The maximum atomic E-state index is 12.0. The Labute approximate surface area is 138 Å². The number of hydrogen-bond acceptors (Lipinski definition) is 4. The number of benzene rings is 1. The van der Waals surface area contributed by atoms with Crippen molar-refractivity contribution in [1.29, 1.82) is 0 Å². The molecule has 0 atom stereocenters. The summed E-state index contributed by atoms with van der Waals surface area (Å²) in [5, 5.41) is 7.78. The van der Waals surface area contributed by atoms with Crippen LogP contribution >= 0.6 is 23.2 Å². The number of halogens is 2. The fourth-order valence-electron chi connectivity index (χ4n) is 1.91. The van der Waals surface area contributed by atoms with Crippen molar-refractivity contribution >= 4 is 29.1 Å². The van der Waals surface area contributed by atoms with E-state index in [0.717, 1.165) is 0 Å². The van der Waals surface area contributed by atoms with Crippen molar-refractivity contribution in [2.75, 3.05) is 13.1 Å². The summed E-state index contributed by atoms with van der Waals surface area (Å²) in [4.78, 5) is 16.3. The van der Waals surface area contributed by atoms with Gasteiger partial charge in [0, 0.05) is 19.0 Å². The van der Waals surface area contributed by atoms with E-state index in [9.17, 15) is 4.79 Å². The molecule has 6 nitrogen and oxygen atoms in total. The van der Waals surface area contributed by atoms with Crippen LogP contribution in [0.4, 0.5) is 0 Å². The van der Waals surface area contributed by atoms with E-state index in [1.54, 1.807) is 18.2 Å². The molecule has 1 amide bonds. The van der Waals surface area contributed by atoms with Crippen LogP contribution in [0.5, 0.6) is 0 Å². The first-order chi connectivity index (χ1) is 10.5. The Morgan fingerprint density at radius 2 is 2.00 bits per heavy atom. The predicted octanol–water partition coefficient (Wildman–Crippen LogP) is 2.39. The third-order valence-electron chi connectivity index (χ3n) is 2.93. The van der Waals surface area contributed by atoms with Crippen LogP contribution in [0.1, 0.15) is 36.2 Å². The average molecular weight is 342 g/mol. The molecule has 1 heterocycles. The quantitative estimate of drug-likeness (QED) is 0.874. The Balaban J connectivity index is 2.51. The number of nitrogens with two attached hydrogens (primary N) is 1. The van der Waals surface area contributed by atoms with E-state index in [-0.39, 0.29) is 17.6 Å². The summed E-state index contributed by atoms with van der Waals surface area (Å²) < 4.78 is 1.52. The van der Waals surface area contributed by atoms with E-state index < -0.39 is 0 Å². The molecule has 0 radical (unpaired) electrons. The molecule has 2 aromatic rings. The van der Waals surface area contributed by atoms with Gasteiger partial charge < -0.3 is 11.1 Å². The summed E-state index contributed by atoms with van der Waals surface area (Å²) in [6, 6.07) is 5.17. The number of hydrogen-bond donors (Lipinski definition) is 2. The van der Waals surface area contributed by atoms with Gasteiger partial charge in [0.25, 0.3) is 5.91 Å². The minimum Gasteiger partial charge on any atom is -0.348 e. The van der Waals surface area contributed by atoms with Crippen molar-refractivity contribution in [2.45, 2.75) is 19.8 Å². The first kappa shape index (κ1) is 16.7. The first-order valence-electron chi connectivity index (χ1n) is 6.85. The lowest BCUT2D eigenvalue weighted by atomic mass is 10.2. The number of nitrogens with zero attached hydrogens (tertiary/aromatic N) is 3. The monoisotopic (exact) mass is 341 g/mol. The van der Waals surface area contributed by atoms with Gasteiger partial charge in [-0.1, -0.05) is 43.1 Å². The summed E-state index contributed by atoms with van der Waals surface area (Å²) in [5.41, 5.74) is 5.89. The van der Waals surface area contributed by atoms with Gasteiger partial charge in [0.2, 0.25) is 5.82 Å². The summed E-state index contributed by atoms with van der Waals surface area (Å²) in [6.07, 6.45) is 0. The molecular formula is C14H17Cl2N5O. The van der Waals surface area contributed by atoms with Crippen LogP contribution in [0, 0.1) is 0 Å². The standard InChI is InChI=1S/C14H17Cl2N5O/c1-8(2)13-19-12(14(22)18-7-6-17)20-21(13)11-9(15)4-3-5-10(11)16/h3-5,8H,6-7,17H2,1-2H3,(H,18,22). The largest absolute Gasteiger partial charge is 0.348 e. The van der Waals surface area contributed by atoms with Gasteiger partial charge in [-0.25, -0.2) is 9.67 Å². The number of carbonyl (C=O) groups is 1. The summed E-state index contributed by atoms with van der Waals surface area (Å²) in [6.45, 7) is 4.61. The lowest BCUT2D eigenvalue weighted by molar-refractivity contribution is 0.0944. The number of rotatable bonds is 5. The third-order valence-corrected chi connectivity index (χ3v) is 3.54. The second kappa shape index (κ2) is 7.09. The van der Waals surface area contributed by atoms with Crippen molar-refractivity contribution < 1.29 is 4.79 Å². The zero-order chi connectivity index (χ0) is 16.3. The van der Waals surface area contributed by atoms with Crippen LogP contribution in [0.2, 0.25) is 10.0 Å². The Morgan fingerprint density at radius 1 is 1.36 bits per heavy atom. The van der Waals surface area contributed by atoms with E-state index in [4.69, 9.17) is 28.9 Å². The zero-order valence-corrected chi connectivity index (χ0v) is 13.8. The van der Waals surface area contributed by atoms with Gasteiger partial charge in [-0.15, -0.1) is 5.10 Å². The van der Waals surface area contributed by atoms with E-state index in [0.29, 0.717) is 34.6 Å². The maximum absolute atomic E-state index is 12.0. The second-order valence-corrected chi connectivity index (χ2v) is 5.79. The Morgan fingerprint density at radius 3 is 2.55 bits per heavy atom. The molecule has 0 fully saturated rings. The van der Waals surface area contributed by atoms with Crippen LogP contribution in [0.25, 0.3) is 5.69 Å². The van der Waals surface area contributed by atoms with Crippen molar-refractivity contribution in [3.8, 4) is 5.69 Å². The van der Waals surface area contributed by atoms with Crippen molar-refractivity contribution in [2.24, 2.45) is 5.73 Å². The molecule has 0 aliphatic heterocycles. The number of carbonyl (C=O) groups excluding carboxylic acids is 1. The normalized spacial score (nSPS) is 11.0. The van der Waals surface area contributed by atoms with E-state index in [1.165, 1.54) is 4.68 Å². The molecule has 0 bridgehead atoms. The molecule has 8 heteroatoms. The second-order valence-electron chi connectivity index (χ2n) is 4.97. The molecule has 2 rings (SSSR count). The van der Waals surface area contributed by atoms with E-state index >= 15 is 0 Å². The molecule has 0 unspecified atom stereocenters. The van der Waals surface area contributed by atoms with E-state index in [2.05, 4.69) is 15.4 Å². The fourth-order valence-corrected chi connectivity index (χ4v) is 2.47. The third kappa shape index (κ3) is 3.40. The van der Waals surface area contributed by atoms with Crippen molar-refractivity contribution in [1.82, 2.24) is 20.1 Å². The molecule has 0 spiro atoms.